The molecule has 132 valence electrons. The quantitative estimate of drug-likeness (QED) is 0.721. The van der Waals surface area contributed by atoms with E-state index in [1.54, 1.807) is 4.90 Å². The third-order valence-corrected chi connectivity index (χ3v) is 5.13. The molecule has 1 heterocycles. The number of aryl methyl sites for hydroxylation is 2. The molecule has 0 radical (unpaired) electrons. The summed E-state index contributed by atoms with van der Waals surface area (Å²) in [5, 5.41) is 7.48. The summed E-state index contributed by atoms with van der Waals surface area (Å²) in [5.74, 6) is 0. The molecule has 1 saturated heterocycles. The fraction of sp³-hybridized carbons (Fsp3) is 0.381. The molecule has 4 heteroatoms. The first-order chi connectivity index (χ1) is 12.1. The fourth-order valence-electron chi connectivity index (χ4n) is 3.78. The molecule has 3 N–H and O–H groups in total. The molecule has 2 aromatic rings. The SMILES string of the molecule is Cc1cc(C)cc(NC(=S)NC[C@@H](c2ccccc2)[NH+]2CCCC2)c1. The summed E-state index contributed by atoms with van der Waals surface area (Å²) in [4.78, 5) is 1.66. The lowest BCUT2D eigenvalue weighted by Crippen LogP contribution is -3.11. The molecule has 3 rings (SSSR count). The van der Waals surface area contributed by atoms with E-state index < -0.39 is 0 Å². The first kappa shape index (κ1) is 17.9. The van der Waals surface area contributed by atoms with Crippen molar-refractivity contribution < 1.29 is 4.90 Å². The van der Waals surface area contributed by atoms with Crippen LogP contribution in [0.1, 0.15) is 35.6 Å². The third-order valence-electron chi connectivity index (χ3n) is 4.89. The van der Waals surface area contributed by atoms with Gasteiger partial charge in [-0.1, -0.05) is 36.4 Å². The minimum atomic E-state index is 0.447. The molecule has 1 atom stereocenters. The molecule has 0 amide bonds. The van der Waals surface area contributed by atoms with Crippen LogP contribution in [-0.4, -0.2) is 24.7 Å². The number of hydrogen-bond donors (Lipinski definition) is 3. The minimum Gasteiger partial charge on any atom is -0.356 e. The molecule has 0 unspecified atom stereocenters. The highest BCUT2D eigenvalue weighted by Gasteiger charge is 2.27. The van der Waals surface area contributed by atoms with Crippen molar-refractivity contribution in [1.82, 2.24) is 5.32 Å². The van der Waals surface area contributed by atoms with Crippen LogP contribution >= 0.6 is 12.2 Å². The Balaban J connectivity index is 1.63. The second kappa shape index (κ2) is 8.45. The molecule has 1 aliphatic rings. The molecule has 0 bridgehead atoms. The highest BCUT2D eigenvalue weighted by atomic mass is 32.1. The number of quaternary nitrogens is 1. The van der Waals surface area contributed by atoms with Gasteiger partial charge in [-0.2, -0.15) is 0 Å². The second-order valence-electron chi connectivity index (χ2n) is 7.04. The van der Waals surface area contributed by atoms with Crippen LogP contribution in [0.4, 0.5) is 5.69 Å². The van der Waals surface area contributed by atoms with Crippen molar-refractivity contribution in [2.24, 2.45) is 0 Å². The maximum Gasteiger partial charge on any atom is 0.171 e. The van der Waals surface area contributed by atoms with Gasteiger partial charge in [-0.3, -0.25) is 0 Å². The maximum absolute atomic E-state index is 5.53. The number of rotatable bonds is 5. The van der Waals surface area contributed by atoms with Gasteiger partial charge in [0.05, 0.1) is 19.6 Å². The van der Waals surface area contributed by atoms with E-state index in [-0.39, 0.29) is 0 Å². The van der Waals surface area contributed by atoms with Gasteiger partial charge in [0.1, 0.15) is 6.04 Å². The first-order valence-corrected chi connectivity index (χ1v) is 9.55. The van der Waals surface area contributed by atoms with Crippen molar-refractivity contribution in [3.05, 3.63) is 65.2 Å². The molecule has 2 aromatic carbocycles. The molecule has 3 nitrogen and oxygen atoms in total. The summed E-state index contributed by atoms with van der Waals surface area (Å²) >= 11 is 5.53. The van der Waals surface area contributed by atoms with Gasteiger partial charge >= 0.3 is 0 Å². The van der Waals surface area contributed by atoms with E-state index in [0.29, 0.717) is 11.2 Å². The average molecular weight is 355 g/mol. The molecule has 0 aliphatic carbocycles. The molecule has 0 spiro atoms. The zero-order valence-electron chi connectivity index (χ0n) is 15.1. The fourth-order valence-corrected chi connectivity index (χ4v) is 3.98. The Labute approximate surface area is 156 Å². The van der Waals surface area contributed by atoms with Crippen LogP contribution < -0.4 is 15.5 Å². The van der Waals surface area contributed by atoms with Crippen LogP contribution in [0.5, 0.6) is 0 Å². The predicted octanol–water partition coefficient (Wildman–Crippen LogP) is 3.01. The first-order valence-electron chi connectivity index (χ1n) is 9.14. The monoisotopic (exact) mass is 354 g/mol. The number of anilines is 1. The second-order valence-corrected chi connectivity index (χ2v) is 7.45. The van der Waals surface area contributed by atoms with E-state index in [9.17, 15) is 0 Å². The van der Waals surface area contributed by atoms with Crippen molar-refractivity contribution in [2.45, 2.75) is 32.7 Å². The van der Waals surface area contributed by atoms with Crippen LogP contribution in [0.3, 0.4) is 0 Å². The topological polar surface area (TPSA) is 28.5 Å². The van der Waals surface area contributed by atoms with Gasteiger partial charge in [0.15, 0.2) is 5.11 Å². The van der Waals surface area contributed by atoms with E-state index in [1.165, 1.54) is 42.6 Å². The van der Waals surface area contributed by atoms with Crippen molar-refractivity contribution in [3.8, 4) is 0 Å². The number of nitrogens with one attached hydrogen (secondary N) is 3. The van der Waals surface area contributed by atoms with Crippen LogP contribution in [0.25, 0.3) is 0 Å². The lowest BCUT2D eigenvalue weighted by molar-refractivity contribution is -0.918. The third kappa shape index (κ3) is 5.03. The van der Waals surface area contributed by atoms with Gasteiger partial charge in [-0.05, 0) is 49.3 Å². The Bertz CT molecular complexity index is 688. The van der Waals surface area contributed by atoms with Gasteiger partial charge in [-0.25, -0.2) is 0 Å². The van der Waals surface area contributed by atoms with Gasteiger partial charge in [0, 0.05) is 24.1 Å². The summed E-state index contributed by atoms with van der Waals surface area (Å²) in [6, 6.07) is 17.7. The molecule has 1 fully saturated rings. The number of hydrogen-bond acceptors (Lipinski definition) is 1. The summed E-state index contributed by atoms with van der Waals surface area (Å²) < 4.78 is 0. The number of likely N-dealkylation sites (tertiary alicyclic amines) is 1. The largest absolute Gasteiger partial charge is 0.356 e. The average Bonchev–Trinajstić information content (AvgIpc) is 3.09. The summed E-state index contributed by atoms with van der Waals surface area (Å²) in [5.41, 5.74) is 4.93. The lowest BCUT2D eigenvalue weighted by atomic mass is 10.1. The van der Waals surface area contributed by atoms with Gasteiger partial charge in [-0.15, -0.1) is 0 Å². The Kier molecular flexibility index (Phi) is 6.05. The number of thiocarbonyl (C=S) groups is 1. The lowest BCUT2D eigenvalue weighted by Gasteiger charge is -2.26. The molecular weight excluding hydrogens is 326 g/mol. The van der Waals surface area contributed by atoms with Crippen molar-refractivity contribution in [1.29, 1.82) is 0 Å². The highest BCUT2D eigenvalue weighted by Crippen LogP contribution is 2.14. The minimum absolute atomic E-state index is 0.447. The van der Waals surface area contributed by atoms with E-state index in [2.05, 4.69) is 73.0 Å². The predicted molar refractivity (Wildman–Crippen MR) is 109 cm³/mol. The van der Waals surface area contributed by atoms with Crippen molar-refractivity contribution in [2.75, 3.05) is 25.0 Å². The standard InChI is InChI=1S/C21H27N3S/c1-16-12-17(2)14-19(13-16)23-21(25)22-15-20(24-10-6-7-11-24)18-8-4-3-5-9-18/h3-5,8-9,12-14,20H,6-7,10-11,15H2,1-2H3,(H2,22,23,25)/p+1/t20-/m0/s1. The Morgan fingerprint density at radius 3 is 2.32 bits per heavy atom. The van der Waals surface area contributed by atoms with E-state index >= 15 is 0 Å². The van der Waals surface area contributed by atoms with Crippen LogP contribution in [-0.2, 0) is 0 Å². The van der Waals surface area contributed by atoms with Crippen LogP contribution in [0.15, 0.2) is 48.5 Å². The summed E-state index contributed by atoms with van der Waals surface area (Å²) in [6.07, 6.45) is 2.65. The molecular formula is C21H28N3S+. The highest BCUT2D eigenvalue weighted by molar-refractivity contribution is 7.80. The summed E-state index contributed by atoms with van der Waals surface area (Å²) in [6.45, 7) is 7.57. The van der Waals surface area contributed by atoms with Crippen molar-refractivity contribution >= 4 is 23.0 Å². The van der Waals surface area contributed by atoms with E-state index in [0.717, 1.165) is 12.2 Å². The number of benzene rings is 2. The van der Waals surface area contributed by atoms with Crippen molar-refractivity contribution in [3.63, 3.8) is 0 Å². The van der Waals surface area contributed by atoms with Crippen LogP contribution in [0.2, 0.25) is 0 Å². The molecule has 1 aliphatic heterocycles. The van der Waals surface area contributed by atoms with E-state index in [1.807, 2.05) is 0 Å². The normalized spacial score (nSPS) is 15.8. The maximum atomic E-state index is 5.53. The Hall–Kier alpha value is -1.91. The Morgan fingerprint density at radius 2 is 1.68 bits per heavy atom. The summed E-state index contributed by atoms with van der Waals surface area (Å²) in [7, 11) is 0. The molecule has 0 aromatic heterocycles. The zero-order chi connectivity index (χ0) is 17.6. The smallest absolute Gasteiger partial charge is 0.171 e. The van der Waals surface area contributed by atoms with Gasteiger partial charge in [0.2, 0.25) is 0 Å². The van der Waals surface area contributed by atoms with Gasteiger partial charge in [0.25, 0.3) is 0 Å². The molecule has 0 saturated carbocycles. The Morgan fingerprint density at radius 1 is 1.04 bits per heavy atom. The molecule has 25 heavy (non-hydrogen) atoms. The van der Waals surface area contributed by atoms with Crippen LogP contribution in [0, 0.1) is 13.8 Å². The van der Waals surface area contributed by atoms with E-state index in [4.69, 9.17) is 12.2 Å². The van der Waals surface area contributed by atoms with Gasteiger partial charge < -0.3 is 15.5 Å². The zero-order valence-corrected chi connectivity index (χ0v) is 16.0.